The first kappa shape index (κ1) is 18.3. The number of benzene rings is 1. The van der Waals surface area contributed by atoms with Gasteiger partial charge in [-0.1, -0.05) is 12.1 Å². The number of amides is 3. The topological polar surface area (TPSA) is 120 Å². The number of urea groups is 1. The van der Waals surface area contributed by atoms with Crippen LogP contribution < -0.4 is 21.1 Å². The third-order valence-electron chi connectivity index (χ3n) is 2.75. The molecule has 4 N–H and O–H groups in total. The Morgan fingerprint density at radius 1 is 1.26 bits per heavy atom. The first-order chi connectivity index (χ1) is 10.9. The molecule has 0 spiro atoms. The van der Waals surface area contributed by atoms with Gasteiger partial charge in [0, 0.05) is 6.54 Å². The quantitative estimate of drug-likeness (QED) is 0.617. The predicted molar refractivity (Wildman–Crippen MR) is 84.0 cm³/mol. The van der Waals surface area contributed by atoms with Crippen LogP contribution in [-0.4, -0.2) is 37.2 Å². The molecule has 0 unspecified atom stereocenters. The number of nitrogens with one attached hydrogen (secondary N) is 2. The molecular weight excluding hydrogens is 302 g/mol. The lowest BCUT2D eigenvalue weighted by molar-refractivity contribution is -0.153. The molecule has 1 aromatic rings. The monoisotopic (exact) mass is 323 g/mol. The van der Waals surface area contributed by atoms with Crippen molar-refractivity contribution in [3.8, 4) is 5.75 Å². The summed E-state index contributed by atoms with van der Waals surface area (Å²) in [6.45, 7) is 3.81. The molecular formula is C15H21N3O5. The number of anilines is 1. The molecule has 0 aliphatic rings. The van der Waals surface area contributed by atoms with E-state index in [2.05, 4.69) is 10.6 Å². The summed E-state index contributed by atoms with van der Waals surface area (Å²) in [5, 5.41) is 4.91. The van der Waals surface area contributed by atoms with Gasteiger partial charge in [-0.15, -0.1) is 0 Å². The maximum Gasteiger partial charge on any atom is 0.312 e. The molecule has 0 saturated heterocycles. The summed E-state index contributed by atoms with van der Waals surface area (Å²) in [5.41, 5.74) is 5.37. The number of hydrogen-bond donors (Lipinski definition) is 3. The molecule has 0 bridgehead atoms. The highest BCUT2D eigenvalue weighted by Crippen LogP contribution is 2.23. The average molecular weight is 323 g/mol. The van der Waals surface area contributed by atoms with Crippen LogP contribution in [0.25, 0.3) is 0 Å². The van der Waals surface area contributed by atoms with Crippen LogP contribution >= 0.6 is 0 Å². The van der Waals surface area contributed by atoms with Gasteiger partial charge in [0.15, 0.2) is 6.10 Å². The molecule has 0 heterocycles. The van der Waals surface area contributed by atoms with Gasteiger partial charge >= 0.3 is 12.0 Å². The van der Waals surface area contributed by atoms with Crippen LogP contribution in [0.5, 0.6) is 5.75 Å². The zero-order chi connectivity index (χ0) is 17.2. The van der Waals surface area contributed by atoms with Gasteiger partial charge in [-0.3, -0.25) is 9.59 Å². The summed E-state index contributed by atoms with van der Waals surface area (Å²) in [5.74, 6) is -0.555. The van der Waals surface area contributed by atoms with Crippen LogP contribution in [0.4, 0.5) is 10.5 Å². The summed E-state index contributed by atoms with van der Waals surface area (Å²) in [4.78, 5) is 34.1. The number of ether oxygens (including phenoxy) is 2. The molecule has 0 fully saturated rings. The van der Waals surface area contributed by atoms with Crippen LogP contribution in [0.15, 0.2) is 24.3 Å². The second-order valence-electron chi connectivity index (χ2n) is 4.59. The van der Waals surface area contributed by atoms with Crippen molar-refractivity contribution in [2.24, 2.45) is 5.73 Å². The number of carbonyl (C=O) groups is 3. The Hall–Kier alpha value is -2.77. The minimum atomic E-state index is -0.981. The smallest absolute Gasteiger partial charge is 0.312 e. The highest BCUT2D eigenvalue weighted by atomic mass is 16.5. The lowest BCUT2D eigenvalue weighted by Crippen LogP contribution is -2.33. The standard InChI is InChI=1S/C15H21N3O5/c1-3-22-12-7-5-4-6-11(12)18-14(20)10(2)23-13(19)8-9-17-15(16)21/h4-7,10H,3,8-9H2,1-2H3,(H,18,20)(H3,16,17,21)/t10-/m0/s1. The fourth-order valence-corrected chi connectivity index (χ4v) is 1.68. The van der Waals surface area contributed by atoms with E-state index in [0.717, 1.165) is 0 Å². The number of esters is 1. The van der Waals surface area contributed by atoms with Crippen LogP contribution in [0.1, 0.15) is 20.3 Å². The summed E-state index contributed by atoms with van der Waals surface area (Å²) >= 11 is 0. The van der Waals surface area contributed by atoms with E-state index in [0.29, 0.717) is 18.0 Å². The Bertz CT molecular complexity index is 562. The molecule has 126 valence electrons. The molecule has 3 amide bonds. The van der Waals surface area contributed by atoms with Gasteiger partial charge in [0.1, 0.15) is 5.75 Å². The van der Waals surface area contributed by atoms with Gasteiger partial charge in [0.2, 0.25) is 0 Å². The summed E-state index contributed by atoms with van der Waals surface area (Å²) in [6, 6.07) is 6.23. The zero-order valence-electron chi connectivity index (χ0n) is 13.1. The average Bonchev–Trinajstić information content (AvgIpc) is 2.49. The predicted octanol–water partition coefficient (Wildman–Crippen LogP) is 1.01. The van der Waals surface area contributed by atoms with Gasteiger partial charge in [-0.2, -0.15) is 0 Å². The van der Waals surface area contributed by atoms with Crippen LogP contribution in [0, 0.1) is 0 Å². The number of primary amides is 1. The number of carbonyl (C=O) groups excluding carboxylic acids is 3. The largest absolute Gasteiger partial charge is 0.492 e. The van der Waals surface area contributed by atoms with Crippen molar-refractivity contribution in [3.05, 3.63) is 24.3 Å². The van der Waals surface area contributed by atoms with Crippen molar-refractivity contribution in [3.63, 3.8) is 0 Å². The van der Waals surface area contributed by atoms with Gasteiger partial charge in [0.05, 0.1) is 18.7 Å². The molecule has 0 saturated carbocycles. The number of para-hydroxylation sites is 2. The Balaban J connectivity index is 2.51. The SMILES string of the molecule is CCOc1ccccc1NC(=O)[C@H](C)OC(=O)CCNC(N)=O. The van der Waals surface area contributed by atoms with E-state index >= 15 is 0 Å². The van der Waals surface area contributed by atoms with E-state index in [1.165, 1.54) is 6.92 Å². The van der Waals surface area contributed by atoms with Crippen LogP contribution in [-0.2, 0) is 14.3 Å². The molecule has 23 heavy (non-hydrogen) atoms. The second-order valence-corrected chi connectivity index (χ2v) is 4.59. The lowest BCUT2D eigenvalue weighted by atomic mass is 10.2. The highest BCUT2D eigenvalue weighted by Gasteiger charge is 2.19. The Morgan fingerprint density at radius 3 is 2.61 bits per heavy atom. The van der Waals surface area contributed by atoms with Crippen molar-refractivity contribution in [2.75, 3.05) is 18.5 Å². The fourth-order valence-electron chi connectivity index (χ4n) is 1.68. The van der Waals surface area contributed by atoms with Gasteiger partial charge in [-0.25, -0.2) is 4.79 Å². The minimum absolute atomic E-state index is 0.0513. The Morgan fingerprint density at radius 2 is 1.96 bits per heavy atom. The van der Waals surface area contributed by atoms with Crippen molar-refractivity contribution in [2.45, 2.75) is 26.4 Å². The lowest BCUT2D eigenvalue weighted by Gasteiger charge is -2.15. The molecule has 1 atom stereocenters. The molecule has 0 radical (unpaired) electrons. The third kappa shape index (κ3) is 6.68. The first-order valence-electron chi connectivity index (χ1n) is 7.19. The maximum atomic E-state index is 12.1. The molecule has 0 aliphatic heterocycles. The van der Waals surface area contributed by atoms with Gasteiger partial charge in [0.25, 0.3) is 5.91 Å². The first-order valence-corrected chi connectivity index (χ1v) is 7.19. The van der Waals surface area contributed by atoms with Gasteiger partial charge in [-0.05, 0) is 26.0 Å². The normalized spacial score (nSPS) is 11.2. The van der Waals surface area contributed by atoms with Crippen molar-refractivity contribution >= 4 is 23.6 Å². The van der Waals surface area contributed by atoms with Gasteiger partial charge < -0.3 is 25.8 Å². The molecule has 1 aromatic carbocycles. The van der Waals surface area contributed by atoms with Crippen LogP contribution in [0.3, 0.4) is 0 Å². The maximum absolute atomic E-state index is 12.1. The number of nitrogens with two attached hydrogens (primary N) is 1. The molecule has 8 nitrogen and oxygen atoms in total. The molecule has 8 heteroatoms. The highest BCUT2D eigenvalue weighted by molar-refractivity contribution is 5.96. The van der Waals surface area contributed by atoms with Crippen molar-refractivity contribution < 1.29 is 23.9 Å². The van der Waals surface area contributed by atoms with Crippen molar-refractivity contribution in [1.82, 2.24) is 5.32 Å². The summed E-state index contributed by atoms with van der Waals surface area (Å²) in [6.07, 6.45) is -1.05. The summed E-state index contributed by atoms with van der Waals surface area (Å²) in [7, 11) is 0. The van der Waals surface area contributed by atoms with E-state index < -0.39 is 24.0 Å². The molecule has 0 aliphatic carbocycles. The van der Waals surface area contributed by atoms with E-state index in [-0.39, 0.29) is 13.0 Å². The van der Waals surface area contributed by atoms with E-state index in [1.54, 1.807) is 24.3 Å². The second kappa shape index (κ2) is 9.29. The molecule has 0 aromatic heterocycles. The fraction of sp³-hybridized carbons (Fsp3) is 0.400. The molecule has 1 rings (SSSR count). The minimum Gasteiger partial charge on any atom is -0.492 e. The number of rotatable bonds is 8. The zero-order valence-corrected chi connectivity index (χ0v) is 13.1. The third-order valence-corrected chi connectivity index (χ3v) is 2.75. The van der Waals surface area contributed by atoms with Crippen molar-refractivity contribution in [1.29, 1.82) is 0 Å². The number of hydrogen-bond acceptors (Lipinski definition) is 5. The van der Waals surface area contributed by atoms with E-state index in [4.69, 9.17) is 15.2 Å². The summed E-state index contributed by atoms with van der Waals surface area (Å²) < 4.78 is 10.4. The van der Waals surface area contributed by atoms with E-state index in [1.807, 2.05) is 6.92 Å². The van der Waals surface area contributed by atoms with Crippen LogP contribution in [0.2, 0.25) is 0 Å². The Labute approximate surface area is 134 Å². The van der Waals surface area contributed by atoms with E-state index in [9.17, 15) is 14.4 Å². The Kier molecular flexibility index (Phi) is 7.38.